The molecule has 0 unspecified atom stereocenters. The Kier molecular flexibility index (Phi) is 4.25. The van der Waals surface area contributed by atoms with Gasteiger partial charge in [-0.2, -0.15) is 0 Å². The van der Waals surface area contributed by atoms with E-state index in [9.17, 15) is 0 Å². The number of hydrogen-bond donors (Lipinski definition) is 0. The van der Waals surface area contributed by atoms with Crippen molar-refractivity contribution in [3.05, 3.63) is 35.2 Å². The first-order valence-electron chi connectivity index (χ1n) is 6.59. The number of alkyl halides is 1. The van der Waals surface area contributed by atoms with Gasteiger partial charge in [0, 0.05) is 12.1 Å². The van der Waals surface area contributed by atoms with E-state index in [1.165, 1.54) is 16.7 Å². The molecule has 2 aromatic rings. The zero-order chi connectivity index (χ0) is 14.0. The van der Waals surface area contributed by atoms with Gasteiger partial charge < -0.3 is 4.57 Å². The van der Waals surface area contributed by atoms with Crippen molar-refractivity contribution in [3.63, 3.8) is 0 Å². The molecule has 0 saturated heterocycles. The minimum Gasteiger partial charge on any atom is -0.310 e. The van der Waals surface area contributed by atoms with E-state index in [1.807, 2.05) is 0 Å². The summed E-state index contributed by atoms with van der Waals surface area (Å²) in [4.78, 5) is 0. The molecule has 4 heteroatoms. The molecular formula is C15H20ClN3. The summed E-state index contributed by atoms with van der Waals surface area (Å²) in [6, 6.07) is 6.29. The second-order valence-corrected chi connectivity index (χ2v) is 5.61. The lowest BCUT2D eigenvalue weighted by atomic mass is 10.0. The summed E-state index contributed by atoms with van der Waals surface area (Å²) in [7, 11) is 0. The molecule has 0 saturated carbocycles. The number of hydrogen-bond acceptors (Lipinski definition) is 2. The molecule has 0 aliphatic rings. The molecule has 1 aromatic heterocycles. The molecule has 0 fully saturated rings. The summed E-state index contributed by atoms with van der Waals surface area (Å²) in [6.07, 6.45) is 0. The van der Waals surface area contributed by atoms with Crippen LogP contribution in [0.4, 0.5) is 0 Å². The smallest absolute Gasteiger partial charge is 0.164 e. The quantitative estimate of drug-likeness (QED) is 0.792. The van der Waals surface area contributed by atoms with Gasteiger partial charge in [-0.1, -0.05) is 32.0 Å². The predicted octanol–water partition coefficient (Wildman–Crippen LogP) is 3.96. The Morgan fingerprint density at radius 3 is 2.32 bits per heavy atom. The van der Waals surface area contributed by atoms with Crippen LogP contribution in [0.25, 0.3) is 11.4 Å². The number of nitrogens with zero attached hydrogens (tertiary/aromatic N) is 3. The van der Waals surface area contributed by atoms with Crippen molar-refractivity contribution in [2.45, 2.75) is 40.1 Å². The van der Waals surface area contributed by atoms with Crippen LogP contribution in [0.1, 0.15) is 30.8 Å². The lowest BCUT2D eigenvalue weighted by Gasteiger charge is -2.14. The van der Waals surface area contributed by atoms with Gasteiger partial charge in [0.15, 0.2) is 5.82 Å². The lowest BCUT2D eigenvalue weighted by molar-refractivity contribution is 0.515. The summed E-state index contributed by atoms with van der Waals surface area (Å²) in [5.74, 6) is 2.69. The van der Waals surface area contributed by atoms with Crippen LogP contribution in [0.5, 0.6) is 0 Å². The van der Waals surface area contributed by atoms with Gasteiger partial charge in [0.1, 0.15) is 5.82 Å². The highest BCUT2D eigenvalue weighted by Crippen LogP contribution is 2.27. The van der Waals surface area contributed by atoms with Gasteiger partial charge >= 0.3 is 0 Å². The van der Waals surface area contributed by atoms with E-state index in [1.54, 1.807) is 0 Å². The van der Waals surface area contributed by atoms with Crippen molar-refractivity contribution in [2.75, 3.05) is 0 Å². The van der Waals surface area contributed by atoms with Crippen LogP contribution in [-0.2, 0) is 12.4 Å². The number of rotatable bonds is 4. The molecule has 2 rings (SSSR count). The summed E-state index contributed by atoms with van der Waals surface area (Å²) < 4.78 is 2.15. The van der Waals surface area contributed by atoms with E-state index in [2.05, 4.69) is 60.7 Å². The molecule has 19 heavy (non-hydrogen) atoms. The average molecular weight is 278 g/mol. The van der Waals surface area contributed by atoms with E-state index in [-0.39, 0.29) is 0 Å². The van der Waals surface area contributed by atoms with Crippen molar-refractivity contribution >= 4 is 11.6 Å². The van der Waals surface area contributed by atoms with E-state index in [0.29, 0.717) is 11.8 Å². The zero-order valence-corrected chi connectivity index (χ0v) is 12.7. The highest BCUT2D eigenvalue weighted by molar-refractivity contribution is 6.16. The van der Waals surface area contributed by atoms with Crippen LogP contribution in [0.2, 0.25) is 0 Å². The number of aryl methyl sites for hydroxylation is 2. The van der Waals surface area contributed by atoms with Gasteiger partial charge in [-0.05, 0) is 30.9 Å². The first-order chi connectivity index (χ1) is 9.04. The molecule has 0 radical (unpaired) electrons. The Hall–Kier alpha value is -1.35. The van der Waals surface area contributed by atoms with Crippen LogP contribution < -0.4 is 0 Å². The number of benzene rings is 1. The Labute approximate surface area is 119 Å². The van der Waals surface area contributed by atoms with Gasteiger partial charge in [0.05, 0.1) is 5.88 Å². The summed E-state index contributed by atoms with van der Waals surface area (Å²) in [5.41, 5.74) is 3.61. The van der Waals surface area contributed by atoms with Crippen molar-refractivity contribution in [1.29, 1.82) is 0 Å². The number of aromatic nitrogens is 3. The molecule has 0 aliphatic heterocycles. The normalized spacial score (nSPS) is 11.3. The van der Waals surface area contributed by atoms with Crippen LogP contribution >= 0.6 is 11.6 Å². The third-order valence-corrected chi connectivity index (χ3v) is 3.44. The zero-order valence-electron chi connectivity index (χ0n) is 11.9. The van der Waals surface area contributed by atoms with E-state index < -0.39 is 0 Å². The Morgan fingerprint density at radius 1 is 1.16 bits per heavy atom. The fourth-order valence-electron chi connectivity index (χ4n) is 2.34. The molecule has 0 amide bonds. The largest absolute Gasteiger partial charge is 0.310 e. The van der Waals surface area contributed by atoms with Crippen LogP contribution in [0.3, 0.4) is 0 Å². The predicted molar refractivity (Wildman–Crippen MR) is 79.3 cm³/mol. The topological polar surface area (TPSA) is 30.7 Å². The first-order valence-corrected chi connectivity index (χ1v) is 7.12. The molecule has 1 aromatic carbocycles. The molecule has 0 bridgehead atoms. The van der Waals surface area contributed by atoms with Crippen LogP contribution in [-0.4, -0.2) is 14.8 Å². The molecule has 0 atom stereocenters. The van der Waals surface area contributed by atoms with Crippen LogP contribution in [0, 0.1) is 19.8 Å². The maximum absolute atomic E-state index is 5.97. The number of halogens is 1. The van der Waals surface area contributed by atoms with Gasteiger partial charge in [-0.3, -0.25) is 0 Å². The molecule has 3 nitrogen and oxygen atoms in total. The summed E-state index contributed by atoms with van der Waals surface area (Å²) in [5, 5.41) is 8.59. The van der Waals surface area contributed by atoms with Crippen molar-refractivity contribution in [3.8, 4) is 11.4 Å². The molecule has 0 N–H and O–H groups in total. The van der Waals surface area contributed by atoms with Gasteiger partial charge in [-0.15, -0.1) is 21.8 Å². The minimum atomic E-state index is 0.394. The Bertz CT molecular complexity index is 553. The van der Waals surface area contributed by atoms with E-state index in [4.69, 9.17) is 11.6 Å². The monoisotopic (exact) mass is 277 g/mol. The lowest BCUT2D eigenvalue weighted by Crippen LogP contribution is -2.10. The SMILES string of the molecule is Cc1cccc(C)c1-c1nnc(CCl)n1CC(C)C. The van der Waals surface area contributed by atoms with Crippen molar-refractivity contribution in [1.82, 2.24) is 14.8 Å². The molecular weight excluding hydrogens is 258 g/mol. The van der Waals surface area contributed by atoms with Crippen molar-refractivity contribution in [2.24, 2.45) is 5.92 Å². The molecule has 102 valence electrons. The fraction of sp³-hybridized carbons (Fsp3) is 0.467. The average Bonchev–Trinajstić information content (AvgIpc) is 2.71. The highest BCUT2D eigenvalue weighted by Gasteiger charge is 2.17. The van der Waals surface area contributed by atoms with E-state index in [0.717, 1.165) is 18.2 Å². The van der Waals surface area contributed by atoms with E-state index >= 15 is 0 Å². The maximum atomic E-state index is 5.97. The third kappa shape index (κ3) is 2.81. The van der Waals surface area contributed by atoms with Crippen molar-refractivity contribution < 1.29 is 0 Å². The summed E-state index contributed by atoms with van der Waals surface area (Å²) >= 11 is 5.97. The Balaban J connectivity index is 2.59. The first kappa shape index (κ1) is 14.1. The summed E-state index contributed by atoms with van der Waals surface area (Å²) in [6.45, 7) is 9.48. The Morgan fingerprint density at radius 2 is 1.79 bits per heavy atom. The molecule has 0 aliphatic carbocycles. The second kappa shape index (κ2) is 5.74. The standard InChI is InChI=1S/C15H20ClN3/c1-10(2)9-19-13(8-16)17-18-15(19)14-11(3)6-5-7-12(14)4/h5-7,10H,8-9H2,1-4H3. The molecule has 1 heterocycles. The van der Waals surface area contributed by atoms with Gasteiger partial charge in [-0.25, -0.2) is 0 Å². The maximum Gasteiger partial charge on any atom is 0.164 e. The minimum absolute atomic E-state index is 0.394. The van der Waals surface area contributed by atoms with Gasteiger partial charge in [0.25, 0.3) is 0 Å². The third-order valence-electron chi connectivity index (χ3n) is 3.20. The fourth-order valence-corrected chi connectivity index (χ4v) is 2.54. The van der Waals surface area contributed by atoms with Gasteiger partial charge in [0.2, 0.25) is 0 Å². The molecule has 0 spiro atoms. The van der Waals surface area contributed by atoms with Crippen LogP contribution in [0.15, 0.2) is 18.2 Å². The highest BCUT2D eigenvalue weighted by atomic mass is 35.5. The second-order valence-electron chi connectivity index (χ2n) is 5.34.